The van der Waals surface area contributed by atoms with Gasteiger partial charge in [-0.25, -0.2) is 0 Å². The maximum absolute atomic E-state index is 11.9. The number of carbonyl (C=O) groups is 1. The molecule has 1 aromatic heterocycles. The smallest absolute Gasteiger partial charge is 0.251 e. The Bertz CT molecular complexity index is 692. The van der Waals surface area contributed by atoms with Gasteiger partial charge in [-0.05, 0) is 23.6 Å². The quantitative estimate of drug-likeness (QED) is 0.869. The van der Waals surface area contributed by atoms with E-state index in [1.807, 2.05) is 24.3 Å². The molecule has 1 heterocycles. The minimum absolute atomic E-state index is 0.0296. The van der Waals surface area contributed by atoms with Gasteiger partial charge in [0.25, 0.3) is 5.56 Å². The van der Waals surface area contributed by atoms with Crippen LogP contribution in [0.15, 0.2) is 47.4 Å². The number of hydrogen-bond donors (Lipinski definition) is 2. The van der Waals surface area contributed by atoms with Crippen LogP contribution in [0.4, 0.5) is 5.69 Å². The summed E-state index contributed by atoms with van der Waals surface area (Å²) in [5.41, 5.74) is 8.13. The van der Waals surface area contributed by atoms with E-state index in [1.165, 1.54) is 28.5 Å². The van der Waals surface area contributed by atoms with Gasteiger partial charge >= 0.3 is 0 Å². The van der Waals surface area contributed by atoms with Crippen LogP contribution >= 0.6 is 0 Å². The zero-order valence-electron chi connectivity index (χ0n) is 12.0. The molecule has 5 heteroatoms. The van der Waals surface area contributed by atoms with Crippen molar-refractivity contribution in [3.05, 3.63) is 64.1 Å². The van der Waals surface area contributed by atoms with Crippen LogP contribution in [-0.4, -0.2) is 10.5 Å². The second kappa shape index (κ2) is 6.74. The van der Waals surface area contributed by atoms with Gasteiger partial charge < -0.3 is 15.6 Å². The Hall–Kier alpha value is -2.56. The molecule has 0 bridgehead atoms. The first-order valence-corrected chi connectivity index (χ1v) is 6.89. The van der Waals surface area contributed by atoms with E-state index in [0.29, 0.717) is 12.2 Å². The van der Waals surface area contributed by atoms with Gasteiger partial charge in [0.1, 0.15) is 6.54 Å². The van der Waals surface area contributed by atoms with Crippen molar-refractivity contribution in [2.45, 2.75) is 26.4 Å². The summed E-state index contributed by atoms with van der Waals surface area (Å²) in [5.74, 6) is -0.214. The number of pyridine rings is 1. The molecule has 0 unspecified atom stereocenters. The highest BCUT2D eigenvalue weighted by Gasteiger charge is 2.06. The van der Waals surface area contributed by atoms with Crippen LogP contribution in [0.3, 0.4) is 0 Å². The molecule has 0 spiro atoms. The van der Waals surface area contributed by atoms with Gasteiger partial charge in [-0.3, -0.25) is 9.59 Å². The van der Waals surface area contributed by atoms with Crippen molar-refractivity contribution in [2.75, 3.05) is 5.73 Å². The number of nitrogen functional groups attached to an aromatic ring is 1. The third kappa shape index (κ3) is 3.95. The topological polar surface area (TPSA) is 77.1 Å². The van der Waals surface area contributed by atoms with E-state index in [1.54, 1.807) is 0 Å². The summed E-state index contributed by atoms with van der Waals surface area (Å²) in [6.07, 6.45) is 2.39. The number of anilines is 1. The Morgan fingerprint density at radius 1 is 1.19 bits per heavy atom. The number of aryl methyl sites for hydroxylation is 1. The summed E-state index contributed by atoms with van der Waals surface area (Å²) in [6, 6.07) is 10.8. The Labute approximate surface area is 123 Å². The minimum atomic E-state index is -0.242. The largest absolute Gasteiger partial charge is 0.398 e. The van der Waals surface area contributed by atoms with Gasteiger partial charge in [-0.1, -0.05) is 31.2 Å². The van der Waals surface area contributed by atoms with Crippen LogP contribution in [0.25, 0.3) is 0 Å². The van der Waals surface area contributed by atoms with Crippen LogP contribution in [0.1, 0.15) is 18.1 Å². The van der Waals surface area contributed by atoms with Crippen molar-refractivity contribution >= 4 is 11.6 Å². The molecular weight excluding hydrogens is 266 g/mol. The number of nitrogens with zero attached hydrogens (tertiary/aromatic N) is 1. The van der Waals surface area contributed by atoms with Crippen molar-refractivity contribution in [3.8, 4) is 0 Å². The summed E-state index contributed by atoms with van der Waals surface area (Å²) >= 11 is 0. The van der Waals surface area contributed by atoms with Crippen LogP contribution in [0.5, 0.6) is 0 Å². The lowest BCUT2D eigenvalue weighted by atomic mass is 10.1. The van der Waals surface area contributed by atoms with Gasteiger partial charge in [-0.15, -0.1) is 0 Å². The number of nitrogens with one attached hydrogen (secondary N) is 1. The minimum Gasteiger partial charge on any atom is -0.398 e. The molecule has 1 aromatic carbocycles. The average molecular weight is 285 g/mol. The maximum atomic E-state index is 11.9. The molecule has 1 amide bonds. The highest BCUT2D eigenvalue weighted by molar-refractivity contribution is 5.75. The van der Waals surface area contributed by atoms with E-state index in [2.05, 4.69) is 12.2 Å². The molecule has 0 fully saturated rings. The molecule has 21 heavy (non-hydrogen) atoms. The van der Waals surface area contributed by atoms with Gasteiger partial charge in [-0.2, -0.15) is 0 Å². The lowest BCUT2D eigenvalue weighted by molar-refractivity contribution is -0.121. The fourth-order valence-electron chi connectivity index (χ4n) is 2.15. The van der Waals surface area contributed by atoms with Crippen LogP contribution < -0.4 is 16.6 Å². The Morgan fingerprint density at radius 3 is 2.62 bits per heavy atom. The highest BCUT2D eigenvalue weighted by Crippen LogP contribution is 2.08. The van der Waals surface area contributed by atoms with Crippen LogP contribution in [0, 0.1) is 0 Å². The molecule has 110 valence electrons. The first-order chi connectivity index (χ1) is 10.1. The van der Waals surface area contributed by atoms with Crippen molar-refractivity contribution in [2.24, 2.45) is 0 Å². The number of benzene rings is 1. The van der Waals surface area contributed by atoms with E-state index in [-0.39, 0.29) is 18.0 Å². The second-order valence-electron chi connectivity index (χ2n) is 4.83. The Balaban J connectivity index is 1.99. The van der Waals surface area contributed by atoms with Gasteiger partial charge in [0, 0.05) is 24.5 Å². The number of rotatable bonds is 5. The molecule has 0 aliphatic rings. The molecule has 0 saturated carbocycles. The summed E-state index contributed by atoms with van der Waals surface area (Å²) in [4.78, 5) is 23.5. The van der Waals surface area contributed by atoms with E-state index in [0.717, 1.165) is 12.0 Å². The van der Waals surface area contributed by atoms with E-state index < -0.39 is 0 Å². The predicted octanol–water partition coefficient (Wildman–Crippen LogP) is 1.31. The standard InChI is InChI=1S/C16H19N3O2/c1-2-12-5-3-4-6-13(12)9-18-15(20)11-19-10-14(17)7-8-16(19)21/h3-8,10H,2,9,11,17H2,1H3,(H,18,20). The molecule has 0 atom stereocenters. The second-order valence-corrected chi connectivity index (χ2v) is 4.83. The zero-order valence-corrected chi connectivity index (χ0v) is 12.0. The molecule has 0 aliphatic carbocycles. The number of carbonyl (C=O) groups excluding carboxylic acids is 1. The van der Waals surface area contributed by atoms with Crippen LogP contribution in [-0.2, 0) is 24.3 Å². The summed E-state index contributed by atoms with van der Waals surface area (Å²) < 4.78 is 1.30. The third-order valence-electron chi connectivity index (χ3n) is 3.30. The summed E-state index contributed by atoms with van der Waals surface area (Å²) in [6.45, 7) is 2.50. The monoisotopic (exact) mass is 285 g/mol. The van der Waals surface area contributed by atoms with E-state index in [9.17, 15) is 9.59 Å². The van der Waals surface area contributed by atoms with Crippen molar-refractivity contribution in [1.29, 1.82) is 0 Å². The first kappa shape index (κ1) is 14.8. The fraction of sp³-hybridized carbons (Fsp3) is 0.250. The molecule has 2 rings (SSSR count). The Kier molecular flexibility index (Phi) is 4.77. The van der Waals surface area contributed by atoms with E-state index in [4.69, 9.17) is 5.73 Å². The lowest BCUT2D eigenvalue weighted by Crippen LogP contribution is -2.31. The Morgan fingerprint density at radius 2 is 1.90 bits per heavy atom. The molecular formula is C16H19N3O2. The summed E-state index contributed by atoms with van der Waals surface area (Å²) in [7, 11) is 0. The molecule has 5 nitrogen and oxygen atoms in total. The molecule has 0 radical (unpaired) electrons. The third-order valence-corrected chi connectivity index (χ3v) is 3.30. The maximum Gasteiger partial charge on any atom is 0.251 e. The number of nitrogens with two attached hydrogens (primary N) is 1. The number of aromatic nitrogens is 1. The molecule has 0 saturated heterocycles. The molecule has 3 N–H and O–H groups in total. The van der Waals surface area contributed by atoms with Crippen molar-refractivity contribution < 1.29 is 4.79 Å². The summed E-state index contributed by atoms with van der Waals surface area (Å²) in [5, 5.41) is 2.83. The molecule has 0 aliphatic heterocycles. The fourth-order valence-corrected chi connectivity index (χ4v) is 2.15. The molecule has 2 aromatic rings. The lowest BCUT2D eigenvalue weighted by Gasteiger charge is -2.10. The predicted molar refractivity (Wildman–Crippen MR) is 82.8 cm³/mol. The normalized spacial score (nSPS) is 10.3. The van der Waals surface area contributed by atoms with Gasteiger partial charge in [0.05, 0.1) is 0 Å². The van der Waals surface area contributed by atoms with Gasteiger partial charge in [0.15, 0.2) is 0 Å². The highest BCUT2D eigenvalue weighted by atomic mass is 16.2. The van der Waals surface area contributed by atoms with E-state index >= 15 is 0 Å². The SMILES string of the molecule is CCc1ccccc1CNC(=O)Cn1cc(N)ccc1=O. The van der Waals surface area contributed by atoms with Crippen molar-refractivity contribution in [3.63, 3.8) is 0 Å². The van der Waals surface area contributed by atoms with Crippen molar-refractivity contribution in [1.82, 2.24) is 9.88 Å². The van der Waals surface area contributed by atoms with Gasteiger partial charge in [0.2, 0.25) is 5.91 Å². The average Bonchev–Trinajstić information content (AvgIpc) is 2.49. The number of amides is 1. The first-order valence-electron chi connectivity index (χ1n) is 6.89. The number of hydrogen-bond acceptors (Lipinski definition) is 3. The zero-order chi connectivity index (χ0) is 15.2. The van der Waals surface area contributed by atoms with Crippen LogP contribution in [0.2, 0.25) is 0 Å².